The van der Waals surface area contributed by atoms with Gasteiger partial charge in [0.1, 0.15) is 12.4 Å². The second kappa shape index (κ2) is 4.08. The molecule has 1 aromatic heterocycles. The summed E-state index contributed by atoms with van der Waals surface area (Å²) in [4.78, 5) is 4.09. The molecule has 0 aromatic carbocycles. The van der Waals surface area contributed by atoms with Gasteiger partial charge in [-0.1, -0.05) is 6.92 Å². The van der Waals surface area contributed by atoms with Crippen LogP contribution in [-0.4, -0.2) is 21.8 Å². The van der Waals surface area contributed by atoms with Crippen molar-refractivity contribution in [3.63, 3.8) is 0 Å². The Bertz CT molecular complexity index is 209. The molecule has 0 aliphatic heterocycles. The fourth-order valence-corrected chi connectivity index (χ4v) is 0.761. The van der Waals surface area contributed by atoms with Gasteiger partial charge >= 0.3 is 0 Å². The monoisotopic (exact) mass is 155 g/mol. The quantitative estimate of drug-likeness (QED) is 0.661. The molecule has 0 unspecified atom stereocenters. The van der Waals surface area contributed by atoms with Gasteiger partial charge in [-0.05, 0) is 13.3 Å². The number of nitrogens with zero attached hydrogens (tertiary/aromatic N) is 2. The van der Waals surface area contributed by atoms with Crippen LogP contribution in [0.1, 0.15) is 25.0 Å². The Hall–Kier alpha value is -0.900. The highest BCUT2D eigenvalue weighted by Crippen LogP contribution is 1.93. The van der Waals surface area contributed by atoms with Gasteiger partial charge in [0.25, 0.3) is 0 Å². The van der Waals surface area contributed by atoms with E-state index in [1.807, 2.05) is 6.92 Å². The van der Waals surface area contributed by atoms with Crippen molar-refractivity contribution < 1.29 is 4.74 Å². The summed E-state index contributed by atoms with van der Waals surface area (Å²) >= 11 is 0. The first-order valence-electron chi connectivity index (χ1n) is 3.78. The van der Waals surface area contributed by atoms with E-state index >= 15 is 0 Å². The van der Waals surface area contributed by atoms with E-state index in [0.29, 0.717) is 6.61 Å². The molecule has 0 atom stereocenters. The Kier molecular flexibility index (Phi) is 3.04. The topological polar surface area (TPSA) is 50.8 Å². The minimum Gasteiger partial charge on any atom is -0.373 e. The lowest BCUT2D eigenvalue weighted by atomic mass is 10.5. The third-order valence-electron chi connectivity index (χ3n) is 1.22. The average molecular weight is 155 g/mol. The molecule has 1 rings (SSSR count). The molecule has 4 heteroatoms. The maximum atomic E-state index is 5.24. The average Bonchev–Trinajstić information content (AvgIpc) is 2.37. The van der Waals surface area contributed by atoms with Gasteiger partial charge in [-0.2, -0.15) is 5.10 Å². The molecular weight excluding hydrogens is 142 g/mol. The summed E-state index contributed by atoms with van der Waals surface area (Å²) in [6, 6.07) is 0. The van der Waals surface area contributed by atoms with Crippen LogP contribution >= 0.6 is 0 Å². The third-order valence-corrected chi connectivity index (χ3v) is 1.22. The van der Waals surface area contributed by atoms with Crippen LogP contribution in [0.25, 0.3) is 0 Å². The molecule has 1 aromatic rings. The Morgan fingerprint density at radius 3 is 2.91 bits per heavy atom. The molecule has 0 radical (unpaired) electrons. The van der Waals surface area contributed by atoms with Crippen molar-refractivity contribution in [3.8, 4) is 0 Å². The molecule has 0 amide bonds. The van der Waals surface area contributed by atoms with Crippen molar-refractivity contribution in [1.29, 1.82) is 0 Å². The van der Waals surface area contributed by atoms with E-state index in [4.69, 9.17) is 4.74 Å². The van der Waals surface area contributed by atoms with Gasteiger partial charge < -0.3 is 4.74 Å². The standard InChI is InChI=1S/C7H13N3O/c1-3-4-11-5-7-8-6(2)9-10-7/h3-5H2,1-2H3,(H,8,9,10). The second-order valence-electron chi connectivity index (χ2n) is 2.39. The van der Waals surface area contributed by atoms with Crippen LogP contribution < -0.4 is 0 Å². The summed E-state index contributed by atoms with van der Waals surface area (Å²) in [5.74, 6) is 1.57. The number of hydrogen-bond acceptors (Lipinski definition) is 3. The number of ether oxygens (including phenoxy) is 1. The molecule has 11 heavy (non-hydrogen) atoms. The molecule has 0 saturated heterocycles. The molecule has 4 nitrogen and oxygen atoms in total. The summed E-state index contributed by atoms with van der Waals surface area (Å²) in [5.41, 5.74) is 0. The molecule has 62 valence electrons. The zero-order valence-electron chi connectivity index (χ0n) is 6.92. The van der Waals surface area contributed by atoms with Gasteiger partial charge in [0.2, 0.25) is 0 Å². The highest BCUT2D eigenvalue weighted by Gasteiger charge is 1.97. The van der Waals surface area contributed by atoms with Crippen molar-refractivity contribution in [2.45, 2.75) is 26.9 Å². The van der Waals surface area contributed by atoms with Crippen LogP contribution in [-0.2, 0) is 11.3 Å². The third kappa shape index (κ3) is 2.67. The first-order chi connectivity index (χ1) is 5.33. The van der Waals surface area contributed by atoms with Crippen molar-refractivity contribution in [3.05, 3.63) is 11.6 Å². The summed E-state index contributed by atoms with van der Waals surface area (Å²) in [5, 5.41) is 6.68. The normalized spacial score (nSPS) is 10.4. The number of hydrogen-bond donors (Lipinski definition) is 1. The van der Waals surface area contributed by atoms with Crippen molar-refractivity contribution in [2.75, 3.05) is 6.61 Å². The van der Waals surface area contributed by atoms with Gasteiger partial charge in [-0.15, -0.1) is 0 Å². The molecule has 0 bridgehead atoms. The van der Waals surface area contributed by atoms with Crippen LogP contribution in [0.4, 0.5) is 0 Å². The minimum atomic E-state index is 0.512. The van der Waals surface area contributed by atoms with Gasteiger partial charge in [-0.3, -0.25) is 5.10 Å². The van der Waals surface area contributed by atoms with Gasteiger partial charge in [-0.25, -0.2) is 4.98 Å². The summed E-state index contributed by atoms with van der Waals surface area (Å²) in [6.45, 7) is 5.23. The van der Waals surface area contributed by atoms with Gasteiger partial charge in [0.15, 0.2) is 5.82 Å². The Labute approximate surface area is 66.0 Å². The first-order valence-corrected chi connectivity index (χ1v) is 3.78. The van der Waals surface area contributed by atoms with Crippen molar-refractivity contribution in [1.82, 2.24) is 15.2 Å². The maximum Gasteiger partial charge on any atom is 0.176 e. The van der Waals surface area contributed by atoms with Crippen LogP contribution in [0.2, 0.25) is 0 Å². The predicted octanol–water partition coefficient (Wildman–Crippen LogP) is 1.04. The molecule has 0 aliphatic carbocycles. The first kappa shape index (κ1) is 8.20. The van der Waals surface area contributed by atoms with Crippen LogP contribution in [0.5, 0.6) is 0 Å². The molecule has 0 aliphatic rings. The number of nitrogens with one attached hydrogen (secondary N) is 1. The van der Waals surface area contributed by atoms with Crippen LogP contribution in [0.15, 0.2) is 0 Å². The summed E-state index contributed by atoms with van der Waals surface area (Å²) in [6.07, 6.45) is 1.03. The molecule has 0 spiro atoms. The molecular formula is C7H13N3O. The highest BCUT2D eigenvalue weighted by molar-refractivity contribution is 4.84. The Morgan fingerprint density at radius 1 is 1.55 bits per heavy atom. The van der Waals surface area contributed by atoms with Crippen molar-refractivity contribution in [2.24, 2.45) is 0 Å². The summed E-state index contributed by atoms with van der Waals surface area (Å²) in [7, 11) is 0. The number of aromatic nitrogens is 3. The van der Waals surface area contributed by atoms with E-state index in [9.17, 15) is 0 Å². The predicted molar refractivity (Wildman–Crippen MR) is 41.1 cm³/mol. The van der Waals surface area contributed by atoms with Crippen molar-refractivity contribution >= 4 is 0 Å². The zero-order chi connectivity index (χ0) is 8.10. The number of H-pyrrole nitrogens is 1. The van der Waals surface area contributed by atoms with E-state index in [1.165, 1.54) is 0 Å². The molecule has 0 fully saturated rings. The van der Waals surface area contributed by atoms with E-state index < -0.39 is 0 Å². The lowest BCUT2D eigenvalue weighted by Gasteiger charge is -1.95. The summed E-state index contributed by atoms with van der Waals surface area (Å²) < 4.78 is 5.24. The number of aromatic amines is 1. The zero-order valence-corrected chi connectivity index (χ0v) is 6.92. The van der Waals surface area contributed by atoms with E-state index in [0.717, 1.165) is 24.7 Å². The largest absolute Gasteiger partial charge is 0.373 e. The second-order valence-corrected chi connectivity index (χ2v) is 2.39. The smallest absolute Gasteiger partial charge is 0.176 e. The lowest BCUT2D eigenvalue weighted by Crippen LogP contribution is -1.95. The van der Waals surface area contributed by atoms with Gasteiger partial charge in [0, 0.05) is 6.61 Å². The van der Waals surface area contributed by atoms with Crippen LogP contribution in [0, 0.1) is 6.92 Å². The highest BCUT2D eigenvalue weighted by atomic mass is 16.5. The maximum absolute atomic E-state index is 5.24. The van der Waals surface area contributed by atoms with E-state index in [1.54, 1.807) is 0 Å². The molecule has 1 heterocycles. The SMILES string of the molecule is CCCOCc1n[nH]c(C)n1. The van der Waals surface area contributed by atoms with E-state index in [-0.39, 0.29) is 0 Å². The lowest BCUT2D eigenvalue weighted by molar-refractivity contribution is 0.116. The Balaban J connectivity index is 2.27. The number of rotatable bonds is 4. The molecule has 1 N–H and O–H groups in total. The number of aryl methyl sites for hydroxylation is 1. The Morgan fingerprint density at radius 2 is 2.36 bits per heavy atom. The fourth-order valence-electron chi connectivity index (χ4n) is 0.761. The minimum absolute atomic E-state index is 0.512. The van der Waals surface area contributed by atoms with Gasteiger partial charge in [0.05, 0.1) is 0 Å². The van der Waals surface area contributed by atoms with E-state index in [2.05, 4.69) is 22.1 Å². The fraction of sp³-hybridized carbons (Fsp3) is 0.714. The molecule has 0 saturated carbocycles. The van der Waals surface area contributed by atoms with Crippen LogP contribution in [0.3, 0.4) is 0 Å².